The summed E-state index contributed by atoms with van der Waals surface area (Å²) in [6.45, 7) is 5.30. The Morgan fingerprint density at radius 2 is 1.95 bits per heavy atom. The van der Waals surface area contributed by atoms with E-state index >= 15 is 0 Å². The molecule has 0 unspecified atom stereocenters. The molecule has 3 N–H and O–H groups in total. The van der Waals surface area contributed by atoms with E-state index in [0.29, 0.717) is 12.8 Å². The topological polar surface area (TPSA) is 98.9 Å². The van der Waals surface area contributed by atoms with Crippen LogP contribution in [0.2, 0.25) is 0 Å². The van der Waals surface area contributed by atoms with E-state index in [-0.39, 0.29) is 6.42 Å². The van der Waals surface area contributed by atoms with Crippen LogP contribution in [0.3, 0.4) is 0 Å². The maximum atomic E-state index is 11.9. The number of aliphatic hydroxyl groups excluding tert-OH is 1. The van der Waals surface area contributed by atoms with Crippen LogP contribution in [0.25, 0.3) is 0 Å². The van der Waals surface area contributed by atoms with Crippen molar-refractivity contribution in [3.8, 4) is 0 Å². The first kappa shape index (κ1) is 15.9. The second kappa shape index (κ2) is 5.46. The molecule has 0 saturated heterocycles. The van der Waals surface area contributed by atoms with Gasteiger partial charge >= 0.3 is 11.9 Å². The van der Waals surface area contributed by atoms with E-state index in [2.05, 4.69) is 4.74 Å². The van der Waals surface area contributed by atoms with Gasteiger partial charge in [-0.1, -0.05) is 0 Å². The molecule has 19 heavy (non-hydrogen) atoms. The van der Waals surface area contributed by atoms with Gasteiger partial charge in [-0.15, -0.1) is 0 Å². The molecule has 0 aliphatic heterocycles. The molecule has 6 nitrogen and oxygen atoms in total. The summed E-state index contributed by atoms with van der Waals surface area (Å²) in [7, 11) is 1.25. The van der Waals surface area contributed by atoms with Crippen molar-refractivity contribution in [3.63, 3.8) is 0 Å². The fourth-order valence-corrected chi connectivity index (χ4v) is 2.26. The number of esters is 2. The minimum atomic E-state index is -1.22. The zero-order valence-electron chi connectivity index (χ0n) is 11.9. The number of aliphatic hydroxyl groups is 1. The van der Waals surface area contributed by atoms with E-state index in [0.717, 1.165) is 0 Å². The molecule has 1 fully saturated rings. The summed E-state index contributed by atoms with van der Waals surface area (Å²) in [6.07, 6.45) is -0.390. The monoisotopic (exact) mass is 273 g/mol. The Kier molecular flexibility index (Phi) is 4.58. The van der Waals surface area contributed by atoms with Gasteiger partial charge in [0.05, 0.1) is 19.1 Å². The first-order valence-electron chi connectivity index (χ1n) is 6.37. The number of ether oxygens (including phenoxy) is 2. The second-order valence-corrected chi connectivity index (χ2v) is 6.10. The predicted octanol–water partition coefficient (Wildman–Crippen LogP) is 0.360. The van der Waals surface area contributed by atoms with E-state index in [1.54, 1.807) is 20.8 Å². The van der Waals surface area contributed by atoms with Crippen LogP contribution in [0.4, 0.5) is 0 Å². The zero-order valence-corrected chi connectivity index (χ0v) is 11.9. The minimum absolute atomic E-state index is 0.00355. The van der Waals surface area contributed by atoms with Gasteiger partial charge in [0.2, 0.25) is 0 Å². The molecule has 0 aromatic heterocycles. The molecular weight excluding hydrogens is 250 g/mol. The van der Waals surface area contributed by atoms with Gasteiger partial charge in [-0.3, -0.25) is 9.59 Å². The molecule has 6 heteroatoms. The van der Waals surface area contributed by atoms with Crippen molar-refractivity contribution in [2.75, 3.05) is 7.11 Å². The molecular formula is C13H23NO5. The molecule has 0 spiro atoms. The van der Waals surface area contributed by atoms with E-state index in [4.69, 9.17) is 10.5 Å². The fraction of sp³-hybridized carbons (Fsp3) is 0.846. The van der Waals surface area contributed by atoms with Crippen LogP contribution in [0, 0.1) is 5.92 Å². The normalized spacial score (nSPS) is 31.7. The van der Waals surface area contributed by atoms with Crippen LogP contribution >= 0.6 is 0 Å². The molecule has 0 bridgehead atoms. The van der Waals surface area contributed by atoms with Crippen LogP contribution in [-0.4, -0.2) is 41.4 Å². The van der Waals surface area contributed by atoms with Gasteiger partial charge in [-0.25, -0.2) is 0 Å². The van der Waals surface area contributed by atoms with Crippen molar-refractivity contribution in [1.82, 2.24) is 0 Å². The molecule has 0 aromatic rings. The van der Waals surface area contributed by atoms with Crippen molar-refractivity contribution in [3.05, 3.63) is 0 Å². The molecule has 1 rings (SSSR count). The molecule has 1 aliphatic rings. The average molecular weight is 273 g/mol. The third-order valence-corrected chi connectivity index (χ3v) is 3.24. The standard InChI is InChI=1S/C13H23NO5/c1-12(2,3)19-10(16)8-5-6-13(14,7-9(8)15)11(17)18-4/h8-9,15H,5-7,14H2,1-4H3/t8-,9-,13+/m1/s1. The van der Waals surface area contributed by atoms with Crippen LogP contribution in [0.5, 0.6) is 0 Å². The molecule has 1 saturated carbocycles. The van der Waals surface area contributed by atoms with Crippen LogP contribution in [0.15, 0.2) is 0 Å². The second-order valence-electron chi connectivity index (χ2n) is 6.10. The van der Waals surface area contributed by atoms with E-state index in [1.165, 1.54) is 7.11 Å². The number of hydrogen-bond acceptors (Lipinski definition) is 6. The summed E-state index contributed by atoms with van der Waals surface area (Å²) in [6, 6.07) is 0. The quantitative estimate of drug-likeness (QED) is 0.705. The number of nitrogens with two attached hydrogens (primary N) is 1. The van der Waals surface area contributed by atoms with Crippen LogP contribution < -0.4 is 5.73 Å². The van der Waals surface area contributed by atoms with Crippen molar-refractivity contribution in [1.29, 1.82) is 0 Å². The van der Waals surface area contributed by atoms with Gasteiger partial charge in [0.1, 0.15) is 11.1 Å². The fourth-order valence-electron chi connectivity index (χ4n) is 2.26. The summed E-state index contributed by atoms with van der Waals surface area (Å²) < 4.78 is 9.87. The van der Waals surface area contributed by atoms with Gasteiger partial charge in [-0.2, -0.15) is 0 Å². The summed E-state index contributed by atoms with van der Waals surface area (Å²) in [5.74, 6) is -1.65. The Morgan fingerprint density at radius 1 is 1.37 bits per heavy atom. The Morgan fingerprint density at radius 3 is 2.37 bits per heavy atom. The van der Waals surface area contributed by atoms with Gasteiger partial charge in [-0.05, 0) is 33.6 Å². The lowest BCUT2D eigenvalue weighted by atomic mass is 9.75. The summed E-state index contributed by atoms with van der Waals surface area (Å²) in [4.78, 5) is 23.5. The Bertz CT molecular complexity index is 363. The zero-order chi connectivity index (χ0) is 14.8. The van der Waals surface area contributed by atoms with Crippen molar-refractivity contribution in [2.45, 2.75) is 57.3 Å². The van der Waals surface area contributed by atoms with Crippen molar-refractivity contribution >= 4 is 11.9 Å². The number of carbonyl (C=O) groups excluding carboxylic acids is 2. The Labute approximate surface area is 113 Å². The highest BCUT2D eigenvalue weighted by Gasteiger charge is 2.46. The Hall–Kier alpha value is -1.14. The van der Waals surface area contributed by atoms with Gasteiger partial charge < -0.3 is 20.3 Å². The molecule has 3 atom stereocenters. The lowest BCUT2D eigenvalue weighted by Gasteiger charge is -2.37. The third kappa shape index (κ3) is 3.91. The highest BCUT2D eigenvalue weighted by molar-refractivity contribution is 5.81. The average Bonchev–Trinajstić information content (AvgIpc) is 2.25. The summed E-state index contributed by atoms with van der Waals surface area (Å²) >= 11 is 0. The minimum Gasteiger partial charge on any atom is -0.468 e. The lowest BCUT2D eigenvalue weighted by molar-refractivity contribution is -0.169. The largest absolute Gasteiger partial charge is 0.468 e. The SMILES string of the molecule is COC(=O)[C@]1(N)CC[C@@H](C(=O)OC(C)(C)C)[C@H](O)C1. The summed E-state index contributed by atoms with van der Waals surface area (Å²) in [5, 5.41) is 10.0. The van der Waals surface area contributed by atoms with Crippen LogP contribution in [0.1, 0.15) is 40.0 Å². The maximum absolute atomic E-state index is 11.9. The molecule has 1 aliphatic carbocycles. The number of hydrogen-bond donors (Lipinski definition) is 2. The maximum Gasteiger partial charge on any atom is 0.325 e. The number of rotatable bonds is 2. The van der Waals surface area contributed by atoms with E-state index in [9.17, 15) is 14.7 Å². The molecule has 0 aromatic carbocycles. The van der Waals surface area contributed by atoms with Gasteiger partial charge in [0.15, 0.2) is 0 Å². The molecule has 0 amide bonds. The van der Waals surface area contributed by atoms with Crippen LogP contribution in [-0.2, 0) is 19.1 Å². The van der Waals surface area contributed by atoms with Crippen molar-refractivity contribution < 1.29 is 24.2 Å². The van der Waals surface area contributed by atoms with Gasteiger partial charge in [0, 0.05) is 6.42 Å². The number of carbonyl (C=O) groups is 2. The molecule has 0 heterocycles. The van der Waals surface area contributed by atoms with Gasteiger partial charge in [0.25, 0.3) is 0 Å². The van der Waals surface area contributed by atoms with E-state index < -0.39 is 35.1 Å². The lowest BCUT2D eigenvalue weighted by Crippen LogP contribution is -2.56. The number of methoxy groups -OCH3 is 1. The Balaban J connectivity index is 2.70. The highest BCUT2D eigenvalue weighted by Crippen LogP contribution is 2.33. The first-order valence-corrected chi connectivity index (χ1v) is 6.37. The van der Waals surface area contributed by atoms with Crippen molar-refractivity contribution in [2.24, 2.45) is 11.7 Å². The predicted molar refractivity (Wildman–Crippen MR) is 68.1 cm³/mol. The molecule has 0 radical (unpaired) electrons. The third-order valence-electron chi connectivity index (χ3n) is 3.24. The highest BCUT2D eigenvalue weighted by atomic mass is 16.6. The first-order chi connectivity index (χ1) is 8.59. The summed E-state index contributed by atoms with van der Waals surface area (Å²) in [5.41, 5.74) is 4.09. The van der Waals surface area contributed by atoms with E-state index in [1.807, 2.05) is 0 Å². The molecule has 110 valence electrons. The smallest absolute Gasteiger partial charge is 0.325 e.